The second-order valence-corrected chi connectivity index (χ2v) is 4.39. The predicted octanol–water partition coefficient (Wildman–Crippen LogP) is 2.96. The number of ether oxygens (including phenoxy) is 2. The van der Waals surface area contributed by atoms with Crippen molar-refractivity contribution in [3.05, 3.63) is 0 Å². The lowest BCUT2D eigenvalue weighted by Crippen LogP contribution is -2.11. The molecular weight excluding hydrogens is 196 g/mol. The van der Waals surface area contributed by atoms with E-state index in [1.165, 1.54) is 18.6 Å². The molecule has 0 aliphatic heterocycles. The van der Waals surface area contributed by atoms with Gasteiger partial charge in [0, 0.05) is 25.6 Å². The van der Waals surface area contributed by atoms with Crippen molar-refractivity contribution in [3.63, 3.8) is 0 Å². The molecule has 0 fully saturated rings. The molecule has 0 heterocycles. The van der Waals surface area contributed by atoms with Crippen LogP contribution in [-0.4, -0.2) is 37.4 Å². The van der Waals surface area contributed by atoms with Gasteiger partial charge in [-0.2, -0.15) is 11.8 Å². The van der Waals surface area contributed by atoms with Gasteiger partial charge in [0.15, 0.2) is 0 Å². The molecule has 0 aromatic carbocycles. The Morgan fingerprint density at radius 3 is 2.57 bits per heavy atom. The molecule has 0 rings (SSSR count). The standard InChI is InChI=1S/C11H24O2S/c1-4-12-8-6-7-9-14-10-11(3)13-5-2/h11H,4-10H2,1-3H3. The molecule has 0 aromatic heterocycles. The quantitative estimate of drug-likeness (QED) is 0.527. The Morgan fingerprint density at radius 1 is 1.14 bits per heavy atom. The smallest absolute Gasteiger partial charge is 0.0637 e. The average molecular weight is 220 g/mol. The van der Waals surface area contributed by atoms with Gasteiger partial charge in [-0.25, -0.2) is 0 Å². The van der Waals surface area contributed by atoms with Gasteiger partial charge in [-0.3, -0.25) is 0 Å². The highest BCUT2D eigenvalue weighted by Gasteiger charge is 1.99. The summed E-state index contributed by atoms with van der Waals surface area (Å²) in [4.78, 5) is 0. The average Bonchev–Trinajstić information content (AvgIpc) is 2.17. The molecule has 0 N–H and O–H groups in total. The third-order valence-corrected chi connectivity index (χ3v) is 3.12. The maximum Gasteiger partial charge on any atom is 0.0637 e. The van der Waals surface area contributed by atoms with Gasteiger partial charge in [0.05, 0.1) is 6.10 Å². The summed E-state index contributed by atoms with van der Waals surface area (Å²) in [7, 11) is 0. The van der Waals surface area contributed by atoms with E-state index in [0.29, 0.717) is 6.10 Å². The van der Waals surface area contributed by atoms with E-state index in [1.54, 1.807) is 0 Å². The minimum atomic E-state index is 0.400. The Hall–Kier alpha value is 0.270. The lowest BCUT2D eigenvalue weighted by atomic mass is 10.4. The maximum atomic E-state index is 5.44. The molecule has 86 valence electrons. The number of hydrogen-bond donors (Lipinski definition) is 0. The fourth-order valence-corrected chi connectivity index (χ4v) is 2.14. The molecule has 0 radical (unpaired) electrons. The van der Waals surface area contributed by atoms with Crippen LogP contribution in [0.25, 0.3) is 0 Å². The van der Waals surface area contributed by atoms with Gasteiger partial charge in [0.2, 0.25) is 0 Å². The van der Waals surface area contributed by atoms with Gasteiger partial charge in [-0.1, -0.05) is 0 Å². The Labute approximate surface area is 92.7 Å². The lowest BCUT2D eigenvalue weighted by molar-refractivity contribution is 0.0932. The minimum absolute atomic E-state index is 0.400. The van der Waals surface area contributed by atoms with Crippen molar-refractivity contribution < 1.29 is 9.47 Å². The molecule has 0 aliphatic rings. The van der Waals surface area contributed by atoms with Crippen molar-refractivity contribution in [2.75, 3.05) is 31.3 Å². The molecule has 0 amide bonds. The van der Waals surface area contributed by atoms with Gasteiger partial charge in [0.25, 0.3) is 0 Å². The number of rotatable bonds is 10. The van der Waals surface area contributed by atoms with Crippen molar-refractivity contribution >= 4 is 11.8 Å². The summed E-state index contributed by atoms with van der Waals surface area (Å²) >= 11 is 1.98. The largest absolute Gasteiger partial charge is 0.382 e. The number of unbranched alkanes of at least 4 members (excludes halogenated alkanes) is 1. The van der Waals surface area contributed by atoms with Crippen LogP contribution in [-0.2, 0) is 9.47 Å². The fraction of sp³-hybridized carbons (Fsp3) is 1.00. The zero-order valence-electron chi connectivity index (χ0n) is 9.75. The van der Waals surface area contributed by atoms with E-state index in [1.807, 2.05) is 25.6 Å². The van der Waals surface area contributed by atoms with Crippen LogP contribution in [0.5, 0.6) is 0 Å². The van der Waals surface area contributed by atoms with Crippen LogP contribution in [0.1, 0.15) is 33.6 Å². The third kappa shape index (κ3) is 10.4. The highest BCUT2D eigenvalue weighted by Crippen LogP contribution is 2.08. The highest BCUT2D eigenvalue weighted by molar-refractivity contribution is 7.99. The first-order chi connectivity index (χ1) is 6.81. The fourth-order valence-electron chi connectivity index (χ4n) is 1.13. The predicted molar refractivity (Wildman–Crippen MR) is 64.1 cm³/mol. The Bertz CT molecular complexity index is 109. The van der Waals surface area contributed by atoms with Crippen LogP contribution < -0.4 is 0 Å². The number of hydrogen-bond acceptors (Lipinski definition) is 3. The zero-order valence-corrected chi connectivity index (χ0v) is 10.6. The lowest BCUT2D eigenvalue weighted by Gasteiger charge is -2.10. The Balaban J connectivity index is 2.98. The van der Waals surface area contributed by atoms with Crippen molar-refractivity contribution in [1.82, 2.24) is 0 Å². The van der Waals surface area contributed by atoms with E-state index >= 15 is 0 Å². The van der Waals surface area contributed by atoms with Crippen molar-refractivity contribution in [1.29, 1.82) is 0 Å². The van der Waals surface area contributed by atoms with E-state index in [0.717, 1.165) is 25.6 Å². The van der Waals surface area contributed by atoms with Crippen molar-refractivity contribution in [2.45, 2.75) is 39.7 Å². The summed E-state index contributed by atoms with van der Waals surface area (Å²) in [6, 6.07) is 0. The van der Waals surface area contributed by atoms with Crippen LogP contribution in [0.3, 0.4) is 0 Å². The third-order valence-electron chi connectivity index (χ3n) is 1.84. The zero-order chi connectivity index (χ0) is 10.6. The van der Waals surface area contributed by atoms with Crippen LogP contribution in [0.2, 0.25) is 0 Å². The molecule has 3 heteroatoms. The van der Waals surface area contributed by atoms with E-state index in [4.69, 9.17) is 9.47 Å². The summed E-state index contributed by atoms with van der Waals surface area (Å²) in [6.07, 6.45) is 2.84. The molecule has 0 saturated heterocycles. The van der Waals surface area contributed by atoms with Crippen molar-refractivity contribution in [2.24, 2.45) is 0 Å². The summed E-state index contributed by atoms with van der Waals surface area (Å²) < 4.78 is 10.7. The maximum absolute atomic E-state index is 5.44. The molecule has 14 heavy (non-hydrogen) atoms. The highest BCUT2D eigenvalue weighted by atomic mass is 32.2. The monoisotopic (exact) mass is 220 g/mol. The molecule has 0 spiro atoms. The van der Waals surface area contributed by atoms with Gasteiger partial charge in [-0.05, 0) is 39.4 Å². The number of thioether (sulfide) groups is 1. The minimum Gasteiger partial charge on any atom is -0.382 e. The SMILES string of the molecule is CCOCCCCSCC(C)OCC. The normalized spacial score (nSPS) is 13.1. The van der Waals surface area contributed by atoms with Crippen molar-refractivity contribution in [3.8, 4) is 0 Å². The molecular formula is C11H24O2S. The second kappa shape index (κ2) is 11.3. The first kappa shape index (κ1) is 14.3. The molecule has 2 nitrogen and oxygen atoms in total. The molecule has 0 aliphatic carbocycles. The van der Waals surface area contributed by atoms with E-state index in [9.17, 15) is 0 Å². The topological polar surface area (TPSA) is 18.5 Å². The van der Waals surface area contributed by atoms with Crippen LogP contribution in [0.15, 0.2) is 0 Å². The molecule has 0 bridgehead atoms. The van der Waals surface area contributed by atoms with Crippen LogP contribution in [0, 0.1) is 0 Å². The van der Waals surface area contributed by atoms with Crippen LogP contribution >= 0.6 is 11.8 Å². The molecule has 0 aromatic rings. The molecule has 1 unspecified atom stereocenters. The summed E-state index contributed by atoms with van der Waals surface area (Å²) in [6.45, 7) is 8.80. The van der Waals surface area contributed by atoms with Gasteiger partial charge < -0.3 is 9.47 Å². The van der Waals surface area contributed by atoms with E-state index < -0.39 is 0 Å². The van der Waals surface area contributed by atoms with Gasteiger partial charge >= 0.3 is 0 Å². The first-order valence-corrected chi connectivity index (χ1v) is 6.73. The van der Waals surface area contributed by atoms with Crippen LogP contribution in [0.4, 0.5) is 0 Å². The second-order valence-electron chi connectivity index (χ2n) is 3.24. The molecule has 1 atom stereocenters. The Kier molecular flexibility index (Phi) is 11.6. The van der Waals surface area contributed by atoms with Gasteiger partial charge in [-0.15, -0.1) is 0 Å². The van der Waals surface area contributed by atoms with E-state index in [2.05, 4.69) is 6.92 Å². The molecule has 0 saturated carbocycles. The first-order valence-electron chi connectivity index (χ1n) is 5.58. The van der Waals surface area contributed by atoms with Gasteiger partial charge in [0.1, 0.15) is 0 Å². The summed E-state index contributed by atoms with van der Waals surface area (Å²) in [5.74, 6) is 2.34. The summed E-state index contributed by atoms with van der Waals surface area (Å²) in [5, 5.41) is 0. The Morgan fingerprint density at radius 2 is 1.93 bits per heavy atom. The van der Waals surface area contributed by atoms with E-state index in [-0.39, 0.29) is 0 Å². The summed E-state index contributed by atoms with van der Waals surface area (Å²) in [5.41, 5.74) is 0.